The maximum atomic E-state index is 12.6. The second-order valence-electron chi connectivity index (χ2n) is 7.06. The molecule has 1 N–H and O–H groups in total. The fraction of sp³-hybridized carbons (Fsp3) is 0.450. The summed E-state index contributed by atoms with van der Waals surface area (Å²) >= 11 is 6.16. The standard InChI is InChI=1S/C20H23ClN4O2/c21-17-13-22-20(25-11-3-4-12-25)24-18(17)19(26)23-14-7-9-16(10-8-14)27-15-5-1-2-6-15/h7-10,13,15H,1-6,11-12H2,(H,23,26). The van der Waals surface area contributed by atoms with E-state index < -0.39 is 0 Å². The summed E-state index contributed by atoms with van der Waals surface area (Å²) in [5.74, 6) is 1.05. The van der Waals surface area contributed by atoms with Crippen molar-refractivity contribution in [2.24, 2.45) is 0 Å². The molecule has 0 spiro atoms. The first-order valence-corrected chi connectivity index (χ1v) is 9.92. The Kier molecular flexibility index (Phi) is 5.43. The predicted octanol–water partition coefficient (Wildman–Crippen LogP) is 4.30. The van der Waals surface area contributed by atoms with Gasteiger partial charge in [0, 0.05) is 18.8 Å². The minimum Gasteiger partial charge on any atom is -0.490 e. The van der Waals surface area contributed by atoms with Crippen molar-refractivity contribution in [3.63, 3.8) is 0 Å². The molecule has 2 aromatic rings. The second kappa shape index (κ2) is 8.13. The Morgan fingerprint density at radius 1 is 1.11 bits per heavy atom. The highest BCUT2D eigenvalue weighted by Gasteiger charge is 2.20. The first-order valence-electron chi connectivity index (χ1n) is 9.54. The Hall–Kier alpha value is -2.34. The molecule has 1 aromatic carbocycles. The van der Waals surface area contributed by atoms with Crippen LogP contribution >= 0.6 is 11.6 Å². The van der Waals surface area contributed by atoms with Crippen LogP contribution < -0.4 is 15.0 Å². The molecule has 1 aromatic heterocycles. The number of hydrogen-bond donors (Lipinski definition) is 1. The third-order valence-electron chi connectivity index (χ3n) is 5.05. The van der Waals surface area contributed by atoms with Crippen LogP contribution in [-0.2, 0) is 0 Å². The Labute approximate surface area is 163 Å². The predicted molar refractivity (Wildman–Crippen MR) is 106 cm³/mol. The van der Waals surface area contributed by atoms with Gasteiger partial charge >= 0.3 is 0 Å². The summed E-state index contributed by atoms with van der Waals surface area (Å²) < 4.78 is 5.95. The van der Waals surface area contributed by atoms with E-state index in [0.717, 1.165) is 44.5 Å². The molecule has 0 atom stereocenters. The quantitative estimate of drug-likeness (QED) is 0.829. The van der Waals surface area contributed by atoms with Gasteiger partial charge in [-0.05, 0) is 62.8 Å². The molecule has 1 aliphatic heterocycles. The monoisotopic (exact) mass is 386 g/mol. The molecule has 2 heterocycles. The van der Waals surface area contributed by atoms with Gasteiger partial charge in [-0.25, -0.2) is 9.97 Å². The maximum Gasteiger partial charge on any atom is 0.276 e. The summed E-state index contributed by atoms with van der Waals surface area (Å²) in [6.07, 6.45) is 8.74. The lowest BCUT2D eigenvalue weighted by Crippen LogP contribution is -2.23. The second-order valence-corrected chi connectivity index (χ2v) is 7.47. The van der Waals surface area contributed by atoms with Crippen LogP contribution in [0.3, 0.4) is 0 Å². The number of rotatable bonds is 5. The van der Waals surface area contributed by atoms with E-state index in [1.165, 1.54) is 19.0 Å². The van der Waals surface area contributed by atoms with Gasteiger partial charge in [0.2, 0.25) is 5.95 Å². The molecule has 7 heteroatoms. The molecular weight excluding hydrogens is 364 g/mol. The smallest absolute Gasteiger partial charge is 0.276 e. The van der Waals surface area contributed by atoms with E-state index in [-0.39, 0.29) is 16.6 Å². The number of benzene rings is 1. The number of ether oxygens (including phenoxy) is 1. The van der Waals surface area contributed by atoms with Gasteiger partial charge < -0.3 is 15.0 Å². The highest BCUT2D eigenvalue weighted by atomic mass is 35.5. The van der Waals surface area contributed by atoms with Crippen molar-refractivity contribution in [3.8, 4) is 5.75 Å². The summed E-state index contributed by atoms with van der Waals surface area (Å²) in [4.78, 5) is 23.3. The van der Waals surface area contributed by atoms with Gasteiger partial charge in [0.25, 0.3) is 5.91 Å². The topological polar surface area (TPSA) is 67.3 Å². The molecule has 6 nitrogen and oxygen atoms in total. The van der Waals surface area contributed by atoms with Gasteiger partial charge in [0.1, 0.15) is 5.75 Å². The minimum atomic E-state index is -0.340. The fourth-order valence-electron chi connectivity index (χ4n) is 3.59. The maximum absolute atomic E-state index is 12.6. The van der Waals surface area contributed by atoms with Crippen molar-refractivity contribution in [2.45, 2.75) is 44.6 Å². The Morgan fingerprint density at radius 3 is 2.52 bits per heavy atom. The number of amides is 1. The van der Waals surface area contributed by atoms with Gasteiger partial charge in [-0.15, -0.1) is 0 Å². The Bertz CT molecular complexity index is 800. The summed E-state index contributed by atoms with van der Waals surface area (Å²) in [6, 6.07) is 7.42. The van der Waals surface area contributed by atoms with Crippen LogP contribution in [0.25, 0.3) is 0 Å². The lowest BCUT2D eigenvalue weighted by Gasteiger charge is -2.16. The van der Waals surface area contributed by atoms with Crippen LogP contribution in [0, 0.1) is 0 Å². The molecule has 2 fully saturated rings. The van der Waals surface area contributed by atoms with E-state index >= 15 is 0 Å². The van der Waals surface area contributed by atoms with E-state index in [2.05, 4.69) is 20.2 Å². The lowest BCUT2D eigenvalue weighted by atomic mass is 10.2. The van der Waals surface area contributed by atoms with Gasteiger partial charge in [0.15, 0.2) is 5.69 Å². The molecule has 1 amide bonds. The van der Waals surface area contributed by atoms with Gasteiger partial charge in [-0.3, -0.25) is 4.79 Å². The molecule has 27 heavy (non-hydrogen) atoms. The molecule has 4 rings (SSSR count). The summed E-state index contributed by atoms with van der Waals surface area (Å²) in [5, 5.41) is 3.10. The van der Waals surface area contributed by atoms with Crippen molar-refractivity contribution in [1.82, 2.24) is 9.97 Å². The van der Waals surface area contributed by atoms with Crippen LogP contribution in [-0.4, -0.2) is 35.1 Å². The number of nitrogens with zero attached hydrogens (tertiary/aromatic N) is 3. The zero-order valence-electron chi connectivity index (χ0n) is 15.2. The van der Waals surface area contributed by atoms with E-state index in [1.807, 2.05) is 24.3 Å². The first kappa shape index (κ1) is 18.0. The van der Waals surface area contributed by atoms with Crippen LogP contribution in [0.4, 0.5) is 11.6 Å². The number of nitrogens with one attached hydrogen (secondary N) is 1. The minimum absolute atomic E-state index is 0.194. The van der Waals surface area contributed by atoms with Crippen LogP contribution in [0.2, 0.25) is 5.02 Å². The van der Waals surface area contributed by atoms with Crippen LogP contribution in [0.15, 0.2) is 30.5 Å². The van der Waals surface area contributed by atoms with Crippen molar-refractivity contribution in [1.29, 1.82) is 0 Å². The molecule has 0 unspecified atom stereocenters. The number of anilines is 2. The van der Waals surface area contributed by atoms with Crippen molar-refractivity contribution in [2.75, 3.05) is 23.3 Å². The molecule has 2 aliphatic rings. The van der Waals surface area contributed by atoms with E-state index in [0.29, 0.717) is 17.7 Å². The van der Waals surface area contributed by atoms with Crippen molar-refractivity contribution >= 4 is 29.1 Å². The highest BCUT2D eigenvalue weighted by Crippen LogP contribution is 2.25. The average Bonchev–Trinajstić information content (AvgIpc) is 3.38. The largest absolute Gasteiger partial charge is 0.490 e. The zero-order chi connectivity index (χ0) is 18.6. The molecule has 0 radical (unpaired) electrons. The lowest BCUT2D eigenvalue weighted by molar-refractivity contribution is 0.102. The first-order chi connectivity index (χ1) is 13.2. The highest BCUT2D eigenvalue weighted by molar-refractivity contribution is 6.34. The van der Waals surface area contributed by atoms with Gasteiger partial charge in [0.05, 0.1) is 17.3 Å². The number of halogens is 1. The molecule has 0 bridgehead atoms. The number of carbonyl (C=O) groups excluding carboxylic acids is 1. The zero-order valence-corrected chi connectivity index (χ0v) is 15.9. The molecular formula is C20H23ClN4O2. The third-order valence-corrected chi connectivity index (χ3v) is 5.33. The molecule has 1 saturated carbocycles. The van der Waals surface area contributed by atoms with E-state index in [4.69, 9.17) is 16.3 Å². The van der Waals surface area contributed by atoms with Crippen molar-refractivity contribution < 1.29 is 9.53 Å². The normalized spacial score (nSPS) is 17.3. The van der Waals surface area contributed by atoms with E-state index in [9.17, 15) is 4.79 Å². The third kappa shape index (κ3) is 4.33. The number of carbonyl (C=O) groups is 1. The van der Waals surface area contributed by atoms with Crippen LogP contribution in [0.5, 0.6) is 5.75 Å². The summed E-state index contributed by atoms with van der Waals surface area (Å²) in [5.41, 5.74) is 0.871. The van der Waals surface area contributed by atoms with Gasteiger partial charge in [-0.1, -0.05) is 11.6 Å². The fourth-order valence-corrected chi connectivity index (χ4v) is 3.77. The molecule has 1 saturated heterocycles. The average molecular weight is 387 g/mol. The SMILES string of the molecule is O=C(Nc1ccc(OC2CCCC2)cc1)c1nc(N2CCCC2)ncc1Cl. The van der Waals surface area contributed by atoms with Crippen molar-refractivity contribution in [3.05, 3.63) is 41.2 Å². The van der Waals surface area contributed by atoms with Gasteiger partial charge in [-0.2, -0.15) is 0 Å². The summed E-state index contributed by atoms with van der Waals surface area (Å²) in [6.45, 7) is 1.82. The molecule has 1 aliphatic carbocycles. The number of hydrogen-bond acceptors (Lipinski definition) is 5. The van der Waals surface area contributed by atoms with Crippen LogP contribution in [0.1, 0.15) is 49.0 Å². The van der Waals surface area contributed by atoms with E-state index in [1.54, 1.807) is 0 Å². The Balaban J connectivity index is 1.43. The Morgan fingerprint density at radius 2 is 1.81 bits per heavy atom. The number of aromatic nitrogens is 2. The summed E-state index contributed by atoms with van der Waals surface area (Å²) in [7, 11) is 0. The molecule has 142 valence electrons.